The molecule has 0 bridgehead atoms. The average molecular weight is 322 g/mol. The smallest absolute Gasteiger partial charge is 0.162 e. The van der Waals surface area contributed by atoms with E-state index in [9.17, 15) is 0 Å². The fraction of sp³-hybridized carbons (Fsp3) is 0.300. The van der Waals surface area contributed by atoms with Gasteiger partial charge in [-0.25, -0.2) is 9.97 Å². The number of rotatable bonds is 4. The zero-order chi connectivity index (χ0) is 17.3. The van der Waals surface area contributed by atoms with E-state index in [2.05, 4.69) is 45.0 Å². The highest BCUT2D eigenvalue weighted by Gasteiger charge is 2.15. The van der Waals surface area contributed by atoms with E-state index in [1.54, 1.807) is 14.2 Å². The lowest BCUT2D eigenvalue weighted by atomic mass is 10.0. The Morgan fingerprint density at radius 3 is 2.08 bits per heavy atom. The van der Waals surface area contributed by atoms with Gasteiger partial charge in [0.05, 0.1) is 25.4 Å². The maximum absolute atomic E-state index is 5.43. The van der Waals surface area contributed by atoms with Gasteiger partial charge in [0.2, 0.25) is 0 Å². The van der Waals surface area contributed by atoms with Crippen LogP contribution in [0.1, 0.15) is 31.0 Å². The van der Waals surface area contributed by atoms with E-state index >= 15 is 0 Å². The van der Waals surface area contributed by atoms with Crippen molar-refractivity contribution in [2.24, 2.45) is 0 Å². The van der Waals surface area contributed by atoms with Crippen LogP contribution in [0.2, 0.25) is 0 Å². The van der Waals surface area contributed by atoms with Crippen LogP contribution >= 0.6 is 0 Å². The van der Waals surface area contributed by atoms with Gasteiger partial charge in [0.25, 0.3) is 0 Å². The monoisotopic (exact) mass is 322 g/mol. The van der Waals surface area contributed by atoms with E-state index in [1.807, 2.05) is 12.1 Å². The number of hydrogen-bond donors (Lipinski definition) is 0. The van der Waals surface area contributed by atoms with Crippen molar-refractivity contribution in [1.82, 2.24) is 9.97 Å². The molecule has 0 fully saturated rings. The third-order valence-electron chi connectivity index (χ3n) is 4.09. The zero-order valence-corrected chi connectivity index (χ0v) is 14.8. The van der Waals surface area contributed by atoms with Gasteiger partial charge in [-0.3, -0.25) is 0 Å². The molecule has 0 aliphatic rings. The van der Waals surface area contributed by atoms with Crippen LogP contribution in [0.25, 0.3) is 22.3 Å². The van der Waals surface area contributed by atoms with E-state index in [1.165, 1.54) is 5.56 Å². The largest absolute Gasteiger partial charge is 0.493 e. The summed E-state index contributed by atoms with van der Waals surface area (Å²) in [5.41, 5.74) is 4.10. The predicted molar refractivity (Wildman–Crippen MR) is 96.9 cm³/mol. The Kier molecular flexibility index (Phi) is 4.38. The van der Waals surface area contributed by atoms with Gasteiger partial charge in [0, 0.05) is 17.0 Å². The molecule has 0 saturated carbocycles. The van der Waals surface area contributed by atoms with Crippen LogP contribution in [0.15, 0.2) is 36.4 Å². The zero-order valence-electron chi connectivity index (χ0n) is 14.8. The molecule has 4 nitrogen and oxygen atoms in total. The van der Waals surface area contributed by atoms with Gasteiger partial charge in [0.15, 0.2) is 17.3 Å². The van der Waals surface area contributed by atoms with Crippen LogP contribution in [-0.4, -0.2) is 24.2 Å². The van der Waals surface area contributed by atoms with Crippen LogP contribution in [0.5, 0.6) is 11.5 Å². The normalized spacial score (nSPS) is 11.1. The number of aromatic nitrogens is 2. The molecule has 0 N–H and O–H groups in total. The fourth-order valence-electron chi connectivity index (χ4n) is 2.75. The first-order valence-electron chi connectivity index (χ1n) is 8.04. The summed E-state index contributed by atoms with van der Waals surface area (Å²) in [6.07, 6.45) is 0. The molecule has 3 rings (SSSR count). The Balaban J connectivity index is 2.28. The first kappa shape index (κ1) is 16.2. The van der Waals surface area contributed by atoms with Crippen molar-refractivity contribution in [3.63, 3.8) is 0 Å². The molecule has 0 spiro atoms. The molecule has 0 saturated heterocycles. The molecule has 0 atom stereocenters. The predicted octanol–water partition coefficient (Wildman–Crippen LogP) is 4.75. The number of aryl methyl sites for hydroxylation is 1. The average Bonchev–Trinajstić information content (AvgIpc) is 2.59. The lowest BCUT2D eigenvalue weighted by molar-refractivity contribution is 0.355. The Hall–Kier alpha value is -2.62. The molecule has 1 heterocycles. The number of hydrogen-bond acceptors (Lipinski definition) is 4. The highest BCUT2D eigenvalue weighted by Crippen LogP contribution is 2.35. The molecule has 0 aliphatic heterocycles. The number of fused-ring (bicyclic) bond motifs is 1. The lowest BCUT2D eigenvalue weighted by Gasteiger charge is -2.14. The molecule has 0 amide bonds. The molecule has 0 aliphatic carbocycles. The number of nitrogens with zero attached hydrogens (tertiary/aromatic N) is 2. The van der Waals surface area contributed by atoms with Gasteiger partial charge in [-0.2, -0.15) is 0 Å². The van der Waals surface area contributed by atoms with Crippen LogP contribution in [0.4, 0.5) is 0 Å². The third kappa shape index (κ3) is 2.92. The van der Waals surface area contributed by atoms with Crippen molar-refractivity contribution in [3.05, 3.63) is 47.7 Å². The molecule has 2 aromatic carbocycles. The highest BCUT2D eigenvalue weighted by atomic mass is 16.5. The molecule has 1 aromatic heterocycles. The minimum Gasteiger partial charge on any atom is -0.493 e. The Morgan fingerprint density at radius 2 is 1.50 bits per heavy atom. The van der Waals surface area contributed by atoms with Crippen molar-refractivity contribution in [2.45, 2.75) is 26.7 Å². The van der Waals surface area contributed by atoms with E-state index in [0.717, 1.165) is 28.0 Å². The summed E-state index contributed by atoms with van der Waals surface area (Å²) in [5, 5.41) is 0.999. The van der Waals surface area contributed by atoms with Crippen molar-refractivity contribution in [2.75, 3.05) is 14.2 Å². The maximum atomic E-state index is 5.43. The summed E-state index contributed by atoms with van der Waals surface area (Å²) in [6, 6.07) is 12.1. The fourth-order valence-corrected chi connectivity index (χ4v) is 2.75. The van der Waals surface area contributed by atoms with Crippen LogP contribution in [0.3, 0.4) is 0 Å². The number of benzene rings is 2. The first-order valence-corrected chi connectivity index (χ1v) is 8.04. The minimum atomic E-state index is 0.276. The van der Waals surface area contributed by atoms with E-state index in [-0.39, 0.29) is 5.92 Å². The standard InChI is InChI=1S/C20H22N2O2/c1-12(2)19-15-10-17(23-4)18(24-5)11-16(15)21-20(22-19)14-8-6-13(3)7-9-14/h6-12H,1-5H3. The molecule has 24 heavy (non-hydrogen) atoms. The molecular formula is C20H22N2O2. The third-order valence-corrected chi connectivity index (χ3v) is 4.09. The van der Waals surface area contributed by atoms with Gasteiger partial charge in [0.1, 0.15) is 0 Å². The molecule has 0 radical (unpaired) electrons. The van der Waals surface area contributed by atoms with E-state index in [4.69, 9.17) is 19.4 Å². The second kappa shape index (κ2) is 6.48. The van der Waals surface area contributed by atoms with Gasteiger partial charge in [-0.1, -0.05) is 43.7 Å². The SMILES string of the molecule is COc1cc2nc(-c3ccc(C)cc3)nc(C(C)C)c2cc1OC. The Morgan fingerprint density at radius 1 is 0.875 bits per heavy atom. The second-order valence-electron chi connectivity index (χ2n) is 6.18. The van der Waals surface area contributed by atoms with Gasteiger partial charge in [-0.15, -0.1) is 0 Å². The topological polar surface area (TPSA) is 44.2 Å². The van der Waals surface area contributed by atoms with Gasteiger partial charge in [-0.05, 0) is 18.9 Å². The lowest BCUT2D eigenvalue weighted by Crippen LogP contribution is -2.01. The molecular weight excluding hydrogens is 300 g/mol. The molecule has 0 unspecified atom stereocenters. The Bertz CT molecular complexity index is 871. The van der Waals surface area contributed by atoms with Crippen LogP contribution in [0, 0.1) is 6.92 Å². The first-order chi connectivity index (χ1) is 11.5. The highest BCUT2D eigenvalue weighted by molar-refractivity contribution is 5.86. The molecule has 3 aromatic rings. The van der Waals surface area contributed by atoms with Crippen LogP contribution < -0.4 is 9.47 Å². The van der Waals surface area contributed by atoms with E-state index < -0.39 is 0 Å². The summed E-state index contributed by atoms with van der Waals surface area (Å²) >= 11 is 0. The van der Waals surface area contributed by atoms with Crippen molar-refractivity contribution >= 4 is 10.9 Å². The molecule has 4 heteroatoms. The maximum Gasteiger partial charge on any atom is 0.162 e. The van der Waals surface area contributed by atoms with Gasteiger partial charge < -0.3 is 9.47 Å². The van der Waals surface area contributed by atoms with Crippen molar-refractivity contribution in [1.29, 1.82) is 0 Å². The summed E-state index contributed by atoms with van der Waals surface area (Å²) < 4.78 is 10.8. The quantitative estimate of drug-likeness (QED) is 0.695. The summed E-state index contributed by atoms with van der Waals surface area (Å²) in [7, 11) is 3.27. The summed E-state index contributed by atoms with van der Waals surface area (Å²) in [5.74, 6) is 2.38. The Labute approximate surface area is 142 Å². The molecule has 124 valence electrons. The number of methoxy groups -OCH3 is 2. The number of ether oxygens (including phenoxy) is 2. The summed E-state index contributed by atoms with van der Waals surface area (Å²) in [4.78, 5) is 9.58. The van der Waals surface area contributed by atoms with Crippen molar-refractivity contribution in [3.8, 4) is 22.9 Å². The second-order valence-corrected chi connectivity index (χ2v) is 6.18. The minimum absolute atomic E-state index is 0.276. The van der Waals surface area contributed by atoms with Gasteiger partial charge >= 0.3 is 0 Å². The summed E-state index contributed by atoms with van der Waals surface area (Å²) in [6.45, 7) is 6.34. The van der Waals surface area contributed by atoms with E-state index in [0.29, 0.717) is 11.5 Å². The van der Waals surface area contributed by atoms with Crippen molar-refractivity contribution < 1.29 is 9.47 Å². The van der Waals surface area contributed by atoms with Crippen LogP contribution in [-0.2, 0) is 0 Å².